The van der Waals surface area contributed by atoms with Crippen LogP contribution in [0.25, 0.3) is 0 Å². The molecule has 1 heterocycles. The Bertz CT molecular complexity index is 172. The van der Waals surface area contributed by atoms with Crippen molar-refractivity contribution in [1.82, 2.24) is 4.98 Å². The van der Waals surface area contributed by atoms with Crippen molar-refractivity contribution in [2.45, 2.75) is 13.1 Å². The van der Waals surface area contributed by atoms with Crippen LogP contribution in [-0.4, -0.2) is 4.98 Å². The molecule has 0 aliphatic carbocycles. The summed E-state index contributed by atoms with van der Waals surface area (Å²) in [5.74, 6) is 0. The van der Waals surface area contributed by atoms with Crippen LogP contribution in [0.4, 0.5) is 4.39 Å². The molecular weight excluding hydrogens is 117 g/mol. The van der Waals surface area contributed by atoms with Gasteiger partial charge in [-0.1, -0.05) is 6.07 Å². The lowest BCUT2D eigenvalue weighted by Crippen LogP contribution is -1.84. The van der Waals surface area contributed by atoms with Gasteiger partial charge in [0.25, 0.3) is 0 Å². The van der Waals surface area contributed by atoms with E-state index >= 15 is 0 Å². The molecule has 2 heteroatoms. The molecule has 0 aliphatic heterocycles. The van der Waals surface area contributed by atoms with Crippen molar-refractivity contribution < 1.29 is 4.39 Å². The third-order valence-electron chi connectivity index (χ3n) is 1.14. The molecule has 0 saturated carbocycles. The van der Waals surface area contributed by atoms with Crippen molar-refractivity contribution in [3.63, 3.8) is 0 Å². The van der Waals surface area contributed by atoms with Crippen molar-refractivity contribution in [2.75, 3.05) is 0 Å². The summed E-state index contributed by atoms with van der Waals surface area (Å²) in [6.07, 6.45) is 2.26. The molecular formula is C7H8FN. The van der Waals surface area contributed by atoms with E-state index in [1.54, 1.807) is 18.3 Å². The summed E-state index contributed by atoms with van der Waals surface area (Å²) in [4.78, 5) is 3.77. The smallest absolute Gasteiger partial charge is 0.124 e. The summed E-state index contributed by atoms with van der Waals surface area (Å²) in [6, 6.07) is 3.45. The maximum Gasteiger partial charge on any atom is 0.124 e. The van der Waals surface area contributed by atoms with Crippen molar-refractivity contribution in [1.29, 1.82) is 0 Å². The van der Waals surface area contributed by atoms with Crippen LogP contribution in [0.2, 0.25) is 0 Å². The predicted molar refractivity (Wildman–Crippen MR) is 33.8 cm³/mol. The fourth-order valence-electron chi connectivity index (χ4n) is 0.611. The summed E-state index contributed by atoms with van der Waals surface area (Å²) >= 11 is 0. The normalized spacial score (nSPS) is 13.1. The standard InChI is InChI=1S/C7H8FN/c1-6(8)7-3-2-4-9-5-7/h2-6H,1H3. The van der Waals surface area contributed by atoms with E-state index in [2.05, 4.69) is 4.98 Å². The summed E-state index contributed by atoms with van der Waals surface area (Å²) < 4.78 is 12.4. The van der Waals surface area contributed by atoms with Gasteiger partial charge in [-0.3, -0.25) is 4.98 Å². The molecule has 0 bridgehead atoms. The van der Waals surface area contributed by atoms with E-state index in [4.69, 9.17) is 0 Å². The molecule has 1 nitrogen and oxygen atoms in total. The van der Waals surface area contributed by atoms with Crippen molar-refractivity contribution in [2.24, 2.45) is 0 Å². The molecule has 1 aromatic rings. The number of aromatic nitrogens is 1. The second-order valence-corrected chi connectivity index (χ2v) is 1.90. The lowest BCUT2D eigenvalue weighted by molar-refractivity contribution is 0.373. The van der Waals surface area contributed by atoms with E-state index in [-0.39, 0.29) is 0 Å². The first-order valence-corrected chi connectivity index (χ1v) is 2.84. The monoisotopic (exact) mass is 125 g/mol. The Hall–Kier alpha value is -0.920. The Morgan fingerprint density at radius 1 is 1.67 bits per heavy atom. The number of hydrogen-bond acceptors (Lipinski definition) is 1. The minimum absolute atomic E-state index is 0.637. The van der Waals surface area contributed by atoms with E-state index in [0.29, 0.717) is 5.56 Å². The third kappa shape index (κ3) is 1.49. The van der Waals surface area contributed by atoms with Gasteiger partial charge < -0.3 is 0 Å². The van der Waals surface area contributed by atoms with Crippen LogP contribution in [0.5, 0.6) is 0 Å². The highest BCUT2D eigenvalue weighted by atomic mass is 19.1. The minimum Gasteiger partial charge on any atom is -0.264 e. The molecule has 0 N–H and O–H groups in total. The SMILES string of the molecule is CC(F)c1cccnc1. The van der Waals surface area contributed by atoms with Crippen LogP contribution in [-0.2, 0) is 0 Å². The molecule has 0 fully saturated rings. The van der Waals surface area contributed by atoms with E-state index in [0.717, 1.165) is 0 Å². The molecule has 0 aromatic carbocycles. The molecule has 1 rings (SSSR count). The van der Waals surface area contributed by atoms with Gasteiger partial charge in [0.2, 0.25) is 0 Å². The number of alkyl halides is 1. The Morgan fingerprint density at radius 2 is 2.44 bits per heavy atom. The van der Waals surface area contributed by atoms with Gasteiger partial charge in [0.15, 0.2) is 0 Å². The molecule has 0 amide bonds. The summed E-state index contributed by atoms with van der Waals surface area (Å²) in [7, 11) is 0. The van der Waals surface area contributed by atoms with E-state index in [1.165, 1.54) is 13.1 Å². The Kier molecular flexibility index (Phi) is 1.78. The number of hydrogen-bond donors (Lipinski definition) is 0. The fraction of sp³-hybridized carbons (Fsp3) is 0.286. The maximum absolute atomic E-state index is 12.4. The van der Waals surface area contributed by atoms with Crippen molar-refractivity contribution >= 4 is 0 Å². The van der Waals surface area contributed by atoms with Gasteiger partial charge in [-0.15, -0.1) is 0 Å². The van der Waals surface area contributed by atoms with Crippen molar-refractivity contribution in [3.05, 3.63) is 30.1 Å². The van der Waals surface area contributed by atoms with Gasteiger partial charge in [-0.2, -0.15) is 0 Å². The molecule has 1 aromatic heterocycles. The molecule has 1 atom stereocenters. The number of nitrogens with zero attached hydrogens (tertiary/aromatic N) is 1. The van der Waals surface area contributed by atoms with Gasteiger partial charge >= 0.3 is 0 Å². The molecule has 1 unspecified atom stereocenters. The topological polar surface area (TPSA) is 12.9 Å². The Labute approximate surface area is 53.5 Å². The number of halogens is 1. The highest BCUT2D eigenvalue weighted by Crippen LogP contribution is 2.12. The molecule has 0 aliphatic rings. The highest BCUT2D eigenvalue weighted by molar-refractivity contribution is 5.10. The van der Waals surface area contributed by atoms with Gasteiger partial charge in [0.1, 0.15) is 6.17 Å². The largest absolute Gasteiger partial charge is 0.264 e. The van der Waals surface area contributed by atoms with E-state index < -0.39 is 6.17 Å². The molecule has 9 heavy (non-hydrogen) atoms. The predicted octanol–water partition coefficient (Wildman–Crippen LogP) is 2.11. The first-order valence-electron chi connectivity index (χ1n) is 2.84. The van der Waals surface area contributed by atoms with Crippen LogP contribution in [0.3, 0.4) is 0 Å². The first kappa shape index (κ1) is 6.20. The van der Waals surface area contributed by atoms with Gasteiger partial charge in [0.05, 0.1) is 0 Å². The van der Waals surface area contributed by atoms with Gasteiger partial charge in [-0.25, -0.2) is 4.39 Å². The Morgan fingerprint density at radius 3 is 2.78 bits per heavy atom. The van der Waals surface area contributed by atoms with E-state index in [9.17, 15) is 4.39 Å². The van der Waals surface area contributed by atoms with Crippen LogP contribution in [0.1, 0.15) is 18.7 Å². The van der Waals surface area contributed by atoms with E-state index in [1.807, 2.05) is 0 Å². The minimum atomic E-state index is -0.904. The lowest BCUT2D eigenvalue weighted by Gasteiger charge is -1.97. The third-order valence-corrected chi connectivity index (χ3v) is 1.14. The summed E-state index contributed by atoms with van der Waals surface area (Å²) in [5.41, 5.74) is 0.637. The van der Waals surface area contributed by atoms with Crippen LogP contribution in [0, 0.1) is 0 Å². The van der Waals surface area contributed by atoms with Crippen molar-refractivity contribution in [3.8, 4) is 0 Å². The second kappa shape index (κ2) is 2.58. The zero-order valence-electron chi connectivity index (χ0n) is 5.21. The average Bonchev–Trinajstić information content (AvgIpc) is 1.90. The zero-order valence-corrected chi connectivity index (χ0v) is 5.21. The quantitative estimate of drug-likeness (QED) is 0.560. The molecule has 0 radical (unpaired) electrons. The number of pyridine rings is 1. The summed E-state index contributed by atoms with van der Waals surface area (Å²) in [6.45, 7) is 1.50. The maximum atomic E-state index is 12.4. The van der Waals surface area contributed by atoms with Crippen LogP contribution < -0.4 is 0 Å². The van der Waals surface area contributed by atoms with Gasteiger partial charge in [-0.05, 0) is 13.0 Å². The number of rotatable bonds is 1. The van der Waals surface area contributed by atoms with Gasteiger partial charge in [0, 0.05) is 18.0 Å². The van der Waals surface area contributed by atoms with Crippen LogP contribution >= 0.6 is 0 Å². The first-order chi connectivity index (χ1) is 4.30. The fourth-order valence-corrected chi connectivity index (χ4v) is 0.611. The second-order valence-electron chi connectivity index (χ2n) is 1.90. The van der Waals surface area contributed by atoms with Crippen LogP contribution in [0.15, 0.2) is 24.5 Å². The zero-order chi connectivity index (χ0) is 6.69. The highest BCUT2D eigenvalue weighted by Gasteiger charge is 1.98. The lowest BCUT2D eigenvalue weighted by atomic mass is 10.2. The Balaban J connectivity index is 2.85. The molecule has 0 spiro atoms. The average molecular weight is 125 g/mol. The molecule has 48 valence electrons. The molecule has 0 saturated heterocycles. The summed E-state index contributed by atoms with van der Waals surface area (Å²) in [5, 5.41) is 0.